The van der Waals surface area contributed by atoms with Gasteiger partial charge in [-0.05, 0) is 6.07 Å². The largest absolute Gasteiger partial charge is 0.481 e. The molecular weight excluding hydrogens is 274 g/mol. The maximum absolute atomic E-state index is 11.0. The van der Waals surface area contributed by atoms with E-state index in [0.717, 1.165) is 10.9 Å². The third-order valence-corrected chi connectivity index (χ3v) is 3.16. The lowest BCUT2D eigenvalue weighted by atomic mass is 10.2. The van der Waals surface area contributed by atoms with Crippen molar-refractivity contribution in [2.45, 2.75) is 18.9 Å². The summed E-state index contributed by atoms with van der Waals surface area (Å²) in [5.74, 6) is -1.80. The van der Waals surface area contributed by atoms with Crippen molar-refractivity contribution in [2.75, 3.05) is 13.1 Å². The fourth-order valence-corrected chi connectivity index (χ4v) is 2.19. The highest BCUT2D eigenvalue weighted by Crippen LogP contribution is 2.19. The van der Waals surface area contributed by atoms with Crippen LogP contribution in [0.25, 0.3) is 10.9 Å². The summed E-state index contributed by atoms with van der Waals surface area (Å²) in [5.41, 5.74) is 0.865. The lowest BCUT2D eigenvalue weighted by molar-refractivity contribution is -0.138. The zero-order chi connectivity index (χ0) is 15.2. The van der Waals surface area contributed by atoms with Crippen molar-refractivity contribution in [3.8, 4) is 0 Å². The van der Waals surface area contributed by atoms with Crippen molar-refractivity contribution >= 4 is 22.8 Å². The summed E-state index contributed by atoms with van der Waals surface area (Å²) in [7, 11) is 0. The van der Waals surface area contributed by atoms with E-state index < -0.39 is 11.9 Å². The highest BCUT2D eigenvalue weighted by molar-refractivity contribution is 5.78. The van der Waals surface area contributed by atoms with E-state index in [-0.39, 0.29) is 18.9 Å². The second-order valence-corrected chi connectivity index (χ2v) is 4.75. The van der Waals surface area contributed by atoms with Crippen LogP contribution in [-0.2, 0) is 9.59 Å². The van der Waals surface area contributed by atoms with Crippen molar-refractivity contribution in [2.24, 2.45) is 0 Å². The molecule has 0 radical (unpaired) electrons. The topological polar surface area (TPSA) is 104 Å². The number of carboxylic acid groups (broad SMARTS) is 2. The van der Waals surface area contributed by atoms with Crippen molar-refractivity contribution < 1.29 is 19.8 Å². The number of rotatable bonds is 8. The maximum atomic E-state index is 11.0. The Morgan fingerprint density at radius 2 is 2.00 bits per heavy atom. The Balaban J connectivity index is 2.11. The van der Waals surface area contributed by atoms with Gasteiger partial charge in [0.1, 0.15) is 0 Å². The van der Waals surface area contributed by atoms with E-state index >= 15 is 0 Å². The number of fused-ring (bicyclic) bond motifs is 1. The standard InChI is InChI=1S/C14H17N3O4/c18-13(19)5-6-15-9-11(7-14(20)21)17-12-4-2-1-3-10(12)8-16-17/h1-4,8,11,15H,5-7,9H2,(H,18,19)(H,20,21). The molecular formula is C14H17N3O4. The molecule has 0 aliphatic rings. The Labute approximate surface area is 121 Å². The van der Waals surface area contributed by atoms with E-state index in [1.54, 1.807) is 10.9 Å². The fourth-order valence-electron chi connectivity index (χ4n) is 2.19. The first-order chi connectivity index (χ1) is 10.1. The summed E-state index contributed by atoms with van der Waals surface area (Å²) < 4.78 is 1.68. The van der Waals surface area contributed by atoms with Crippen molar-refractivity contribution in [3.05, 3.63) is 30.5 Å². The molecule has 7 heteroatoms. The van der Waals surface area contributed by atoms with Crippen LogP contribution in [0.5, 0.6) is 0 Å². The molecule has 2 rings (SSSR count). The van der Waals surface area contributed by atoms with Crippen molar-refractivity contribution in [1.82, 2.24) is 15.1 Å². The van der Waals surface area contributed by atoms with E-state index in [1.165, 1.54) is 0 Å². The summed E-state index contributed by atoms with van der Waals surface area (Å²) in [5, 5.41) is 25.8. The second kappa shape index (κ2) is 6.85. The molecule has 0 spiro atoms. The molecule has 7 nitrogen and oxygen atoms in total. The molecule has 1 heterocycles. The van der Waals surface area contributed by atoms with Crippen LogP contribution in [-0.4, -0.2) is 45.0 Å². The van der Waals surface area contributed by atoms with Gasteiger partial charge in [-0.15, -0.1) is 0 Å². The van der Waals surface area contributed by atoms with Gasteiger partial charge < -0.3 is 15.5 Å². The summed E-state index contributed by atoms with van der Waals surface area (Å²) in [6.45, 7) is 0.649. The second-order valence-electron chi connectivity index (χ2n) is 4.75. The number of benzene rings is 1. The molecule has 1 aromatic heterocycles. The molecule has 1 unspecified atom stereocenters. The Morgan fingerprint density at radius 3 is 2.71 bits per heavy atom. The van der Waals surface area contributed by atoms with Crippen molar-refractivity contribution in [1.29, 1.82) is 0 Å². The van der Waals surface area contributed by atoms with Crippen LogP contribution in [0.1, 0.15) is 18.9 Å². The first-order valence-electron chi connectivity index (χ1n) is 6.64. The average Bonchev–Trinajstić information content (AvgIpc) is 2.85. The number of nitrogens with zero attached hydrogens (tertiary/aromatic N) is 2. The number of carbonyl (C=O) groups is 2. The molecule has 1 atom stereocenters. The van der Waals surface area contributed by atoms with Crippen LogP contribution in [0.15, 0.2) is 30.5 Å². The molecule has 0 aliphatic carbocycles. The normalized spacial score (nSPS) is 12.4. The zero-order valence-corrected chi connectivity index (χ0v) is 11.4. The number of aliphatic carboxylic acids is 2. The molecule has 0 amide bonds. The Hall–Kier alpha value is -2.41. The minimum absolute atomic E-state index is 0.000351. The smallest absolute Gasteiger partial charge is 0.305 e. The summed E-state index contributed by atoms with van der Waals surface area (Å²) >= 11 is 0. The molecule has 112 valence electrons. The Morgan fingerprint density at radius 1 is 1.24 bits per heavy atom. The lowest BCUT2D eigenvalue weighted by Crippen LogP contribution is -2.29. The average molecular weight is 291 g/mol. The van der Waals surface area contributed by atoms with E-state index in [9.17, 15) is 9.59 Å². The van der Waals surface area contributed by atoms with Gasteiger partial charge in [0.25, 0.3) is 0 Å². The van der Waals surface area contributed by atoms with E-state index in [0.29, 0.717) is 13.1 Å². The molecule has 1 aromatic carbocycles. The molecule has 0 fully saturated rings. The van der Waals surface area contributed by atoms with E-state index in [1.807, 2.05) is 24.3 Å². The predicted molar refractivity (Wildman–Crippen MR) is 76.1 cm³/mol. The Kier molecular flexibility index (Phi) is 4.89. The minimum Gasteiger partial charge on any atom is -0.481 e. The van der Waals surface area contributed by atoms with Crippen LogP contribution in [0.2, 0.25) is 0 Å². The van der Waals surface area contributed by atoms with Gasteiger partial charge in [-0.1, -0.05) is 18.2 Å². The predicted octanol–water partition coefficient (Wildman–Crippen LogP) is 1.12. The molecule has 0 saturated carbocycles. The van der Waals surface area contributed by atoms with Gasteiger partial charge in [-0.25, -0.2) is 0 Å². The number of hydrogen-bond acceptors (Lipinski definition) is 4. The maximum Gasteiger partial charge on any atom is 0.305 e. The van der Waals surface area contributed by atoms with Gasteiger partial charge in [0.15, 0.2) is 0 Å². The van der Waals surface area contributed by atoms with Gasteiger partial charge in [0, 0.05) is 18.5 Å². The van der Waals surface area contributed by atoms with E-state index in [2.05, 4.69) is 10.4 Å². The van der Waals surface area contributed by atoms with Crippen LogP contribution in [0, 0.1) is 0 Å². The van der Waals surface area contributed by atoms with Crippen LogP contribution < -0.4 is 5.32 Å². The minimum atomic E-state index is -0.917. The fraction of sp³-hybridized carbons (Fsp3) is 0.357. The summed E-state index contributed by atoms with van der Waals surface area (Å²) in [6.07, 6.45) is 1.62. The Bertz CT molecular complexity index is 638. The quantitative estimate of drug-likeness (QED) is 0.629. The number of para-hydroxylation sites is 1. The summed E-state index contributed by atoms with van der Waals surface area (Å²) in [4.78, 5) is 21.5. The first kappa shape index (κ1) is 15.0. The SMILES string of the molecule is O=C(O)CCNCC(CC(=O)O)n1ncc2ccccc21. The molecule has 21 heavy (non-hydrogen) atoms. The molecule has 0 saturated heterocycles. The highest BCUT2D eigenvalue weighted by Gasteiger charge is 2.18. The van der Waals surface area contributed by atoms with Gasteiger partial charge in [0.2, 0.25) is 0 Å². The van der Waals surface area contributed by atoms with Crippen LogP contribution in [0.3, 0.4) is 0 Å². The number of hydrogen-bond donors (Lipinski definition) is 3. The third kappa shape index (κ3) is 4.03. The van der Waals surface area contributed by atoms with Crippen LogP contribution >= 0.6 is 0 Å². The van der Waals surface area contributed by atoms with Gasteiger partial charge in [-0.2, -0.15) is 5.10 Å². The van der Waals surface area contributed by atoms with Crippen LogP contribution in [0.4, 0.5) is 0 Å². The summed E-state index contributed by atoms with van der Waals surface area (Å²) in [6, 6.07) is 7.20. The van der Waals surface area contributed by atoms with Gasteiger partial charge in [-0.3, -0.25) is 14.3 Å². The van der Waals surface area contributed by atoms with Crippen molar-refractivity contribution in [3.63, 3.8) is 0 Å². The monoisotopic (exact) mass is 291 g/mol. The third-order valence-electron chi connectivity index (χ3n) is 3.16. The lowest BCUT2D eigenvalue weighted by Gasteiger charge is -2.17. The molecule has 3 N–H and O–H groups in total. The first-order valence-corrected chi connectivity index (χ1v) is 6.64. The zero-order valence-electron chi connectivity index (χ0n) is 11.4. The van der Waals surface area contributed by atoms with E-state index in [4.69, 9.17) is 10.2 Å². The number of nitrogens with one attached hydrogen (secondary N) is 1. The highest BCUT2D eigenvalue weighted by atomic mass is 16.4. The number of aromatic nitrogens is 2. The van der Waals surface area contributed by atoms with Gasteiger partial charge in [0.05, 0.1) is 30.6 Å². The molecule has 2 aromatic rings. The molecule has 0 bridgehead atoms. The van der Waals surface area contributed by atoms with Gasteiger partial charge >= 0.3 is 11.9 Å². The molecule has 0 aliphatic heterocycles. The number of carboxylic acids is 2.